The van der Waals surface area contributed by atoms with Gasteiger partial charge >= 0.3 is 0 Å². The van der Waals surface area contributed by atoms with Crippen LogP contribution in [0.5, 0.6) is 0 Å². The van der Waals surface area contributed by atoms with Crippen LogP contribution in [0.2, 0.25) is 0 Å². The van der Waals surface area contributed by atoms with Gasteiger partial charge in [0.1, 0.15) is 11.3 Å². The van der Waals surface area contributed by atoms with E-state index in [4.69, 9.17) is 11.6 Å². The number of pyridine rings is 1. The van der Waals surface area contributed by atoms with Crippen LogP contribution in [0.25, 0.3) is 11.2 Å². The van der Waals surface area contributed by atoms with Crippen LogP contribution in [0, 0.1) is 12.3 Å². The number of aryl methyl sites for hydroxylation is 3. The van der Waals surface area contributed by atoms with Gasteiger partial charge in [0.25, 0.3) is 0 Å². The summed E-state index contributed by atoms with van der Waals surface area (Å²) in [7, 11) is 0. The molecule has 3 nitrogen and oxygen atoms in total. The molecule has 2 rings (SSSR count). The lowest BCUT2D eigenvalue weighted by Crippen LogP contribution is -2.13. The molecule has 19 heavy (non-hydrogen) atoms. The smallest absolute Gasteiger partial charge is 0.160 e. The first-order chi connectivity index (χ1) is 8.90. The topological polar surface area (TPSA) is 30.7 Å². The number of imidazole rings is 1. The number of nitrogens with zero attached hydrogens (tertiary/aromatic N) is 3. The van der Waals surface area contributed by atoms with Crippen LogP contribution < -0.4 is 0 Å². The molecule has 0 bridgehead atoms. The molecule has 0 aliphatic carbocycles. The van der Waals surface area contributed by atoms with Gasteiger partial charge in [-0.3, -0.25) is 0 Å². The largest absolute Gasteiger partial charge is 0.313 e. The van der Waals surface area contributed by atoms with Crippen molar-refractivity contribution in [3.63, 3.8) is 0 Å². The van der Waals surface area contributed by atoms with E-state index in [1.54, 1.807) is 0 Å². The van der Waals surface area contributed by atoms with E-state index in [9.17, 15) is 0 Å². The molecular formula is C15H22ClN3. The Kier molecular flexibility index (Phi) is 4.14. The normalized spacial score (nSPS) is 12.3. The van der Waals surface area contributed by atoms with Crippen LogP contribution >= 0.6 is 11.6 Å². The predicted molar refractivity (Wildman–Crippen MR) is 80.8 cm³/mol. The molecule has 0 radical (unpaired) electrons. The van der Waals surface area contributed by atoms with Gasteiger partial charge in [-0.15, -0.1) is 11.6 Å². The van der Waals surface area contributed by atoms with Gasteiger partial charge in [0.05, 0.1) is 0 Å². The first kappa shape index (κ1) is 14.3. The quantitative estimate of drug-likeness (QED) is 0.793. The molecule has 0 aliphatic rings. The molecule has 0 saturated carbocycles. The fraction of sp³-hybridized carbons (Fsp3) is 0.600. The molecule has 0 saturated heterocycles. The van der Waals surface area contributed by atoms with Crippen molar-refractivity contribution in [3.8, 4) is 0 Å². The van der Waals surface area contributed by atoms with E-state index in [2.05, 4.69) is 41.4 Å². The highest BCUT2D eigenvalue weighted by Gasteiger charge is 2.15. The molecule has 0 N–H and O–H groups in total. The van der Waals surface area contributed by atoms with E-state index in [1.807, 2.05) is 13.1 Å². The molecule has 2 aromatic heterocycles. The van der Waals surface area contributed by atoms with Gasteiger partial charge in [0.2, 0.25) is 0 Å². The van der Waals surface area contributed by atoms with Crippen molar-refractivity contribution in [2.24, 2.45) is 5.41 Å². The zero-order valence-corrected chi connectivity index (χ0v) is 13.0. The summed E-state index contributed by atoms with van der Waals surface area (Å²) in [6.45, 7) is 9.75. The molecule has 0 spiro atoms. The first-order valence-electron chi connectivity index (χ1n) is 6.78. The summed E-state index contributed by atoms with van der Waals surface area (Å²) in [6.07, 6.45) is 3.80. The van der Waals surface area contributed by atoms with Gasteiger partial charge in [-0.05, 0) is 30.4 Å². The standard InChI is InChI=1S/C15H22ClN3/c1-11-9-12-14(17-10-11)19(8-6-15(2,3)4)13(18-12)5-7-16/h9-10H,5-8H2,1-4H3. The molecule has 4 heteroatoms. The maximum absolute atomic E-state index is 5.88. The van der Waals surface area contributed by atoms with Crippen LogP contribution in [-0.2, 0) is 13.0 Å². The Morgan fingerprint density at radius 3 is 2.68 bits per heavy atom. The average molecular weight is 280 g/mol. The summed E-state index contributed by atoms with van der Waals surface area (Å²) in [4.78, 5) is 9.22. The molecule has 0 fully saturated rings. The summed E-state index contributed by atoms with van der Waals surface area (Å²) in [6, 6.07) is 2.09. The zero-order valence-electron chi connectivity index (χ0n) is 12.2. The minimum absolute atomic E-state index is 0.305. The molecule has 2 heterocycles. The van der Waals surface area contributed by atoms with E-state index >= 15 is 0 Å². The highest BCUT2D eigenvalue weighted by molar-refractivity contribution is 6.17. The van der Waals surface area contributed by atoms with Gasteiger partial charge in [0, 0.05) is 25.0 Å². The van der Waals surface area contributed by atoms with E-state index in [-0.39, 0.29) is 0 Å². The number of rotatable bonds is 4. The summed E-state index contributed by atoms with van der Waals surface area (Å²) in [5.41, 5.74) is 3.41. The van der Waals surface area contributed by atoms with Crippen molar-refractivity contribution in [2.45, 2.75) is 47.1 Å². The molecule has 0 atom stereocenters. The molecule has 2 aromatic rings. The second-order valence-corrected chi connectivity index (χ2v) is 6.66. The Morgan fingerprint density at radius 2 is 2.05 bits per heavy atom. The maximum atomic E-state index is 5.88. The molecular weight excluding hydrogens is 258 g/mol. The fourth-order valence-electron chi connectivity index (χ4n) is 2.12. The number of fused-ring (bicyclic) bond motifs is 1. The minimum Gasteiger partial charge on any atom is -0.313 e. The molecule has 0 aliphatic heterocycles. The maximum Gasteiger partial charge on any atom is 0.160 e. The summed E-state index contributed by atoms with van der Waals surface area (Å²) >= 11 is 5.88. The fourth-order valence-corrected chi connectivity index (χ4v) is 2.29. The number of alkyl halides is 1. The predicted octanol–water partition coefficient (Wildman–Crippen LogP) is 3.96. The third kappa shape index (κ3) is 3.47. The van der Waals surface area contributed by atoms with Crippen LogP contribution in [0.1, 0.15) is 38.6 Å². The Balaban J connectivity index is 2.40. The third-order valence-corrected chi connectivity index (χ3v) is 3.39. The number of hydrogen-bond donors (Lipinski definition) is 0. The van der Waals surface area contributed by atoms with E-state index in [0.717, 1.165) is 41.9 Å². The van der Waals surface area contributed by atoms with Gasteiger partial charge in [-0.1, -0.05) is 20.8 Å². The molecule has 0 unspecified atom stereocenters. The van der Waals surface area contributed by atoms with E-state index < -0.39 is 0 Å². The Bertz CT molecular complexity index is 567. The summed E-state index contributed by atoms with van der Waals surface area (Å²) < 4.78 is 2.22. The van der Waals surface area contributed by atoms with Gasteiger partial charge in [-0.25, -0.2) is 9.97 Å². The van der Waals surface area contributed by atoms with Crippen LogP contribution in [0.3, 0.4) is 0 Å². The summed E-state index contributed by atoms with van der Waals surface area (Å²) in [5.74, 6) is 1.64. The van der Waals surface area contributed by atoms with E-state index in [1.165, 1.54) is 0 Å². The van der Waals surface area contributed by atoms with Crippen molar-refractivity contribution in [1.29, 1.82) is 0 Å². The lowest BCUT2D eigenvalue weighted by molar-refractivity contribution is 0.350. The van der Waals surface area contributed by atoms with Crippen molar-refractivity contribution < 1.29 is 0 Å². The van der Waals surface area contributed by atoms with Crippen LogP contribution in [0.15, 0.2) is 12.3 Å². The number of halogens is 1. The first-order valence-corrected chi connectivity index (χ1v) is 7.32. The minimum atomic E-state index is 0.305. The Morgan fingerprint density at radius 1 is 1.32 bits per heavy atom. The highest BCUT2D eigenvalue weighted by Crippen LogP contribution is 2.23. The average Bonchev–Trinajstić information content (AvgIpc) is 2.62. The monoisotopic (exact) mass is 279 g/mol. The Hall–Kier alpha value is -1.09. The van der Waals surface area contributed by atoms with Gasteiger partial charge < -0.3 is 4.57 Å². The van der Waals surface area contributed by atoms with Crippen molar-refractivity contribution >= 4 is 22.8 Å². The zero-order chi connectivity index (χ0) is 14.0. The number of hydrogen-bond acceptors (Lipinski definition) is 2. The lowest BCUT2D eigenvalue weighted by atomic mass is 9.92. The van der Waals surface area contributed by atoms with Crippen LogP contribution in [0.4, 0.5) is 0 Å². The third-order valence-electron chi connectivity index (χ3n) is 3.20. The molecule has 0 aromatic carbocycles. The number of aromatic nitrogens is 3. The van der Waals surface area contributed by atoms with E-state index in [0.29, 0.717) is 11.3 Å². The second-order valence-electron chi connectivity index (χ2n) is 6.28. The van der Waals surface area contributed by atoms with Gasteiger partial charge in [0.15, 0.2) is 5.65 Å². The van der Waals surface area contributed by atoms with Crippen LogP contribution in [-0.4, -0.2) is 20.4 Å². The van der Waals surface area contributed by atoms with Gasteiger partial charge in [-0.2, -0.15) is 0 Å². The lowest BCUT2D eigenvalue weighted by Gasteiger charge is -2.19. The molecule has 104 valence electrons. The highest BCUT2D eigenvalue weighted by atomic mass is 35.5. The molecule has 0 amide bonds. The SMILES string of the molecule is Cc1cnc2c(c1)nc(CCCl)n2CCC(C)(C)C. The van der Waals surface area contributed by atoms with Crippen molar-refractivity contribution in [3.05, 3.63) is 23.7 Å². The second kappa shape index (κ2) is 5.49. The van der Waals surface area contributed by atoms with Crippen molar-refractivity contribution in [2.75, 3.05) is 5.88 Å². The Labute approximate surface area is 120 Å². The van der Waals surface area contributed by atoms with Crippen molar-refractivity contribution in [1.82, 2.24) is 14.5 Å². The summed E-state index contributed by atoms with van der Waals surface area (Å²) in [5, 5.41) is 0.